The Morgan fingerprint density at radius 3 is 2.70 bits per heavy atom. The van der Waals surface area contributed by atoms with Crippen molar-refractivity contribution in [2.45, 2.75) is 38.0 Å². The van der Waals surface area contributed by atoms with Gasteiger partial charge in [-0.2, -0.15) is 5.10 Å². The molecule has 0 saturated carbocycles. The molecule has 2 aromatic rings. The second kappa shape index (κ2) is 6.77. The molecule has 0 bridgehead atoms. The number of hydrogen-bond acceptors (Lipinski definition) is 5. The Labute approximate surface area is 157 Å². The summed E-state index contributed by atoms with van der Waals surface area (Å²) in [7, 11) is 1.85. The van der Waals surface area contributed by atoms with E-state index in [0.717, 1.165) is 11.1 Å². The van der Waals surface area contributed by atoms with Crippen molar-refractivity contribution < 1.29 is 14.3 Å². The zero-order valence-electron chi connectivity index (χ0n) is 15.5. The highest BCUT2D eigenvalue weighted by Gasteiger charge is 2.46. The van der Waals surface area contributed by atoms with E-state index in [-0.39, 0.29) is 17.9 Å². The van der Waals surface area contributed by atoms with Crippen LogP contribution in [0.5, 0.6) is 0 Å². The smallest absolute Gasteiger partial charge is 0.255 e. The third-order valence-electron chi connectivity index (χ3n) is 5.26. The molecule has 2 saturated heterocycles. The van der Waals surface area contributed by atoms with Gasteiger partial charge in [-0.1, -0.05) is 6.92 Å². The summed E-state index contributed by atoms with van der Waals surface area (Å²) in [4.78, 5) is 30.9. The SMILES string of the molecule is CCC1OC2(CCN(C(=O)c3cncc(-c4cnn(C)c4)c3)CC2)NC1=O. The average Bonchev–Trinajstić information content (AvgIpc) is 3.25. The summed E-state index contributed by atoms with van der Waals surface area (Å²) in [5.41, 5.74) is 1.71. The van der Waals surface area contributed by atoms with Gasteiger partial charge in [-0.05, 0) is 12.5 Å². The topological polar surface area (TPSA) is 89.3 Å². The summed E-state index contributed by atoms with van der Waals surface area (Å²) in [6.45, 7) is 3.00. The molecular weight excluding hydrogens is 346 g/mol. The van der Waals surface area contributed by atoms with E-state index in [1.165, 1.54) is 0 Å². The van der Waals surface area contributed by atoms with Gasteiger partial charge in [0.2, 0.25) is 0 Å². The van der Waals surface area contributed by atoms with E-state index in [9.17, 15) is 9.59 Å². The van der Waals surface area contributed by atoms with Gasteiger partial charge in [-0.3, -0.25) is 19.3 Å². The van der Waals surface area contributed by atoms with Gasteiger partial charge < -0.3 is 15.0 Å². The summed E-state index contributed by atoms with van der Waals surface area (Å²) >= 11 is 0. The van der Waals surface area contributed by atoms with Crippen molar-refractivity contribution >= 4 is 11.8 Å². The van der Waals surface area contributed by atoms with E-state index in [4.69, 9.17) is 4.74 Å². The molecule has 2 aliphatic rings. The standard InChI is InChI=1S/C19H23N5O3/c1-3-16-17(25)22-19(27-16)4-6-24(7-5-19)18(26)14-8-13(9-20-10-14)15-11-21-23(2)12-15/h8-12,16H,3-7H2,1-2H3,(H,22,25). The number of ether oxygens (including phenoxy) is 1. The lowest BCUT2D eigenvalue weighted by Crippen LogP contribution is -2.53. The van der Waals surface area contributed by atoms with E-state index >= 15 is 0 Å². The molecule has 4 rings (SSSR count). The van der Waals surface area contributed by atoms with E-state index in [1.54, 1.807) is 28.2 Å². The minimum absolute atomic E-state index is 0.0503. The van der Waals surface area contributed by atoms with Gasteiger partial charge in [0.05, 0.1) is 11.8 Å². The predicted molar refractivity (Wildman–Crippen MR) is 97.6 cm³/mol. The third-order valence-corrected chi connectivity index (χ3v) is 5.26. The van der Waals surface area contributed by atoms with Gasteiger partial charge in [0.25, 0.3) is 11.8 Å². The highest BCUT2D eigenvalue weighted by Crippen LogP contribution is 2.31. The highest BCUT2D eigenvalue weighted by atomic mass is 16.5. The van der Waals surface area contributed by atoms with Crippen LogP contribution < -0.4 is 5.32 Å². The summed E-state index contributed by atoms with van der Waals surface area (Å²) in [5, 5.41) is 7.14. The van der Waals surface area contributed by atoms with Gasteiger partial charge >= 0.3 is 0 Å². The Bertz CT molecular complexity index is 870. The van der Waals surface area contributed by atoms with E-state index < -0.39 is 5.72 Å². The molecule has 4 heterocycles. The summed E-state index contributed by atoms with van der Waals surface area (Å²) < 4.78 is 7.66. The second-order valence-corrected chi connectivity index (χ2v) is 7.16. The number of carbonyl (C=O) groups is 2. The monoisotopic (exact) mass is 369 g/mol. The van der Waals surface area contributed by atoms with Crippen molar-refractivity contribution in [1.82, 2.24) is 25.0 Å². The fourth-order valence-electron chi connectivity index (χ4n) is 3.71. The van der Waals surface area contributed by atoms with E-state index in [0.29, 0.717) is 37.9 Å². The minimum atomic E-state index is -0.621. The van der Waals surface area contributed by atoms with Crippen LogP contribution in [0.3, 0.4) is 0 Å². The molecule has 142 valence electrons. The normalized spacial score (nSPS) is 21.5. The van der Waals surface area contributed by atoms with Crippen molar-refractivity contribution in [3.8, 4) is 11.1 Å². The lowest BCUT2D eigenvalue weighted by Gasteiger charge is -2.38. The molecule has 1 atom stereocenters. The fraction of sp³-hybridized carbons (Fsp3) is 0.474. The van der Waals surface area contributed by atoms with Crippen molar-refractivity contribution in [1.29, 1.82) is 0 Å². The van der Waals surface area contributed by atoms with Crippen LogP contribution in [0.25, 0.3) is 11.1 Å². The Balaban J connectivity index is 1.45. The molecule has 1 spiro atoms. The zero-order valence-corrected chi connectivity index (χ0v) is 15.5. The number of likely N-dealkylation sites (tertiary alicyclic amines) is 1. The summed E-state index contributed by atoms with van der Waals surface area (Å²) in [6, 6.07) is 1.84. The quantitative estimate of drug-likeness (QED) is 0.882. The van der Waals surface area contributed by atoms with Gasteiger partial charge in [-0.25, -0.2) is 0 Å². The molecule has 2 amide bonds. The highest BCUT2D eigenvalue weighted by molar-refractivity contribution is 5.95. The molecule has 0 aromatic carbocycles. The van der Waals surface area contributed by atoms with Gasteiger partial charge in [0.15, 0.2) is 0 Å². The second-order valence-electron chi connectivity index (χ2n) is 7.16. The first-order chi connectivity index (χ1) is 13.0. The number of aromatic nitrogens is 3. The fourth-order valence-corrected chi connectivity index (χ4v) is 3.71. The van der Waals surface area contributed by atoms with Gasteiger partial charge in [-0.15, -0.1) is 0 Å². The maximum Gasteiger partial charge on any atom is 0.255 e. The summed E-state index contributed by atoms with van der Waals surface area (Å²) in [5.74, 6) is -0.106. The Morgan fingerprint density at radius 2 is 2.07 bits per heavy atom. The lowest BCUT2D eigenvalue weighted by molar-refractivity contribution is -0.124. The number of piperidine rings is 1. The predicted octanol–water partition coefficient (Wildman–Crippen LogP) is 1.34. The molecular formula is C19H23N5O3. The van der Waals surface area contributed by atoms with Crippen LogP contribution >= 0.6 is 0 Å². The molecule has 1 N–H and O–H groups in total. The van der Waals surface area contributed by atoms with Crippen LogP contribution in [0.4, 0.5) is 0 Å². The van der Waals surface area contributed by atoms with Crippen molar-refractivity contribution in [2.75, 3.05) is 13.1 Å². The molecule has 8 nitrogen and oxygen atoms in total. The number of aryl methyl sites for hydroxylation is 1. The first kappa shape index (κ1) is 17.7. The Hall–Kier alpha value is -2.74. The molecule has 2 fully saturated rings. The minimum Gasteiger partial charge on any atom is -0.343 e. The van der Waals surface area contributed by atoms with E-state index in [2.05, 4.69) is 15.4 Å². The van der Waals surface area contributed by atoms with Crippen LogP contribution in [0, 0.1) is 0 Å². The van der Waals surface area contributed by atoms with Gasteiger partial charge in [0.1, 0.15) is 11.8 Å². The van der Waals surface area contributed by atoms with Crippen LogP contribution in [-0.2, 0) is 16.6 Å². The molecule has 0 aliphatic carbocycles. The lowest BCUT2D eigenvalue weighted by atomic mass is 10.00. The van der Waals surface area contributed by atoms with Crippen molar-refractivity contribution in [3.63, 3.8) is 0 Å². The largest absolute Gasteiger partial charge is 0.343 e. The Kier molecular flexibility index (Phi) is 4.43. The molecule has 8 heteroatoms. The number of carbonyl (C=O) groups excluding carboxylic acids is 2. The van der Waals surface area contributed by atoms with E-state index in [1.807, 2.05) is 26.2 Å². The molecule has 0 radical (unpaired) electrons. The van der Waals surface area contributed by atoms with Crippen LogP contribution in [-0.4, -0.2) is 56.4 Å². The van der Waals surface area contributed by atoms with Gasteiger partial charge in [0, 0.05) is 62.7 Å². The van der Waals surface area contributed by atoms with Crippen molar-refractivity contribution in [2.24, 2.45) is 7.05 Å². The molecule has 1 unspecified atom stereocenters. The third kappa shape index (κ3) is 3.32. The number of nitrogens with one attached hydrogen (secondary N) is 1. The first-order valence-electron chi connectivity index (χ1n) is 9.23. The van der Waals surface area contributed by atoms with Crippen LogP contribution in [0.1, 0.15) is 36.5 Å². The first-order valence-corrected chi connectivity index (χ1v) is 9.23. The summed E-state index contributed by atoms with van der Waals surface area (Å²) in [6.07, 6.45) is 8.42. The van der Waals surface area contributed by atoms with Crippen LogP contribution in [0.15, 0.2) is 30.9 Å². The average molecular weight is 369 g/mol. The number of rotatable bonds is 3. The maximum atomic E-state index is 12.9. The molecule has 2 aliphatic heterocycles. The van der Waals surface area contributed by atoms with Crippen LogP contribution in [0.2, 0.25) is 0 Å². The maximum absolute atomic E-state index is 12.9. The zero-order chi connectivity index (χ0) is 19.0. The Morgan fingerprint density at radius 1 is 1.30 bits per heavy atom. The number of amides is 2. The number of nitrogens with zero attached hydrogens (tertiary/aromatic N) is 4. The number of hydrogen-bond donors (Lipinski definition) is 1. The van der Waals surface area contributed by atoms with Crippen molar-refractivity contribution in [3.05, 3.63) is 36.4 Å². The molecule has 2 aromatic heterocycles. The number of pyridine rings is 1. The molecule has 27 heavy (non-hydrogen) atoms.